The van der Waals surface area contributed by atoms with Gasteiger partial charge < -0.3 is 16.4 Å². The van der Waals surface area contributed by atoms with E-state index < -0.39 is 21.8 Å². The summed E-state index contributed by atoms with van der Waals surface area (Å²) in [6.45, 7) is 0.187. The van der Waals surface area contributed by atoms with E-state index in [4.69, 9.17) is 5.73 Å². The zero-order valence-corrected chi connectivity index (χ0v) is 15.5. The Hall–Kier alpha value is -3.24. The quantitative estimate of drug-likeness (QED) is 0.654. The van der Waals surface area contributed by atoms with Crippen LogP contribution in [0.5, 0.6) is 0 Å². The number of nitrogens with one attached hydrogen (secondary N) is 2. The maximum absolute atomic E-state index is 12.6. The van der Waals surface area contributed by atoms with Crippen molar-refractivity contribution in [2.75, 3.05) is 25.0 Å². The number of nitrogens with two attached hydrogens (primary N) is 1. The van der Waals surface area contributed by atoms with Crippen molar-refractivity contribution in [2.24, 2.45) is 5.73 Å². The Morgan fingerprint density at radius 1 is 1.07 bits per heavy atom. The van der Waals surface area contributed by atoms with E-state index in [1.165, 1.54) is 36.4 Å². The largest absolute Gasteiger partial charge is 0.366 e. The Labute approximate surface area is 161 Å². The molecule has 0 unspecified atom stereocenters. The van der Waals surface area contributed by atoms with Crippen LogP contribution < -0.4 is 16.4 Å². The third kappa shape index (κ3) is 4.02. The van der Waals surface area contributed by atoms with E-state index in [-0.39, 0.29) is 47.3 Å². The van der Waals surface area contributed by atoms with Crippen molar-refractivity contribution in [1.29, 1.82) is 0 Å². The fraction of sp³-hybridized carbons (Fsp3) is 0.167. The molecular formula is C18H18N4O5S. The van der Waals surface area contributed by atoms with E-state index in [1.807, 2.05) is 0 Å². The average Bonchev–Trinajstić information content (AvgIpc) is 2.68. The predicted octanol–water partition coefficient (Wildman–Crippen LogP) is 0.158. The van der Waals surface area contributed by atoms with E-state index in [1.54, 1.807) is 12.1 Å². The third-order valence-corrected chi connectivity index (χ3v) is 6.06. The minimum absolute atomic E-state index is 0.0173. The molecule has 0 spiro atoms. The summed E-state index contributed by atoms with van der Waals surface area (Å²) in [7, 11) is -3.83. The Morgan fingerprint density at radius 3 is 2.39 bits per heavy atom. The molecule has 1 aliphatic rings. The Balaban J connectivity index is 1.78. The van der Waals surface area contributed by atoms with Crippen LogP contribution in [0.25, 0.3) is 0 Å². The fourth-order valence-corrected chi connectivity index (χ4v) is 4.15. The molecule has 1 heterocycles. The molecular weight excluding hydrogens is 384 g/mol. The maximum Gasteiger partial charge on any atom is 0.255 e. The van der Waals surface area contributed by atoms with Gasteiger partial charge in [-0.1, -0.05) is 12.1 Å². The van der Waals surface area contributed by atoms with E-state index in [9.17, 15) is 22.8 Å². The van der Waals surface area contributed by atoms with Gasteiger partial charge in [0, 0.05) is 18.7 Å². The highest BCUT2D eigenvalue weighted by Gasteiger charge is 2.29. The van der Waals surface area contributed by atoms with Crippen molar-refractivity contribution in [3.8, 4) is 0 Å². The van der Waals surface area contributed by atoms with Crippen molar-refractivity contribution in [2.45, 2.75) is 4.90 Å². The Kier molecular flexibility index (Phi) is 5.43. The molecule has 2 aromatic carbocycles. The standard InChI is InChI=1S/C18H18N4O5S/c19-17(24)14-3-1-2-4-15(14)21-18(25)12-5-7-13(8-6-12)28(26,27)22-10-9-20-16(23)11-22/h1-8H,9-11H2,(H2,19,24)(H,20,23)(H,21,25). The molecule has 0 aromatic heterocycles. The summed E-state index contributed by atoms with van der Waals surface area (Å²) < 4.78 is 26.3. The SMILES string of the molecule is NC(=O)c1ccccc1NC(=O)c1ccc(S(=O)(=O)N2CCNC(=O)C2)cc1. The molecule has 0 bridgehead atoms. The number of hydrogen-bond acceptors (Lipinski definition) is 5. The predicted molar refractivity (Wildman–Crippen MR) is 101 cm³/mol. The Morgan fingerprint density at radius 2 is 1.75 bits per heavy atom. The monoisotopic (exact) mass is 402 g/mol. The summed E-state index contributed by atoms with van der Waals surface area (Å²) in [5, 5.41) is 5.15. The molecule has 0 saturated carbocycles. The highest BCUT2D eigenvalue weighted by atomic mass is 32.2. The van der Waals surface area contributed by atoms with Gasteiger partial charge in [-0.2, -0.15) is 4.31 Å². The van der Waals surface area contributed by atoms with Crippen LogP contribution in [0.4, 0.5) is 5.69 Å². The number of rotatable bonds is 5. The van der Waals surface area contributed by atoms with Gasteiger partial charge in [0.25, 0.3) is 11.8 Å². The van der Waals surface area contributed by atoms with Crippen molar-refractivity contribution >= 4 is 33.4 Å². The summed E-state index contributed by atoms with van der Waals surface area (Å²) in [6.07, 6.45) is 0. The van der Waals surface area contributed by atoms with Gasteiger partial charge >= 0.3 is 0 Å². The van der Waals surface area contributed by atoms with Gasteiger partial charge in [-0.15, -0.1) is 0 Å². The molecule has 2 aromatic rings. The number of nitrogens with zero attached hydrogens (tertiary/aromatic N) is 1. The van der Waals surface area contributed by atoms with Gasteiger partial charge in [-0.3, -0.25) is 14.4 Å². The second-order valence-corrected chi connectivity index (χ2v) is 8.01. The minimum atomic E-state index is -3.83. The molecule has 10 heteroatoms. The maximum atomic E-state index is 12.6. The number of piperazine rings is 1. The second kappa shape index (κ2) is 7.79. The molecule has 1 aliphatic heterocycles. The number of sulfonamides is 1. The number of carbonyl (C=O) groups is 3. The summed E-state index contributed by atoms with van der Waals surface area (Å²) in [5.41, 5.74) is 5.92. The first-order chi connectivity index (χ1) is 13.3. The van der Waals surface area contributed by atoms with Crippen LogP contribution >= 0.6 is 0 Å². The first-order valence-corrected chi connectivity index (χ1v) is 9.80. The summed E-state index contributed by atoms with van der Waals surface area (Å²) in [6, 6.07) is 11.6. The van der Waals surface area contributed by atoms with Crippen LogP contribution in [-0.2, 0) is 14.8 Å². The smallest absolute Gasteiger partial charge is 0.255 e. The lowest BCUT2D eigenvalue weighted by Crippen LogP contribution is -2.49. The molecule has 0 radical (unpaired) electrons. The second-order valence-electron chi connectivity index (χ2n) is 6.08. The molecule has 0 aliphatic carbocycles. The summed E-state index contributed by atoms with van der Waals surface area (Å²) in [5.74, 6) is -1.56. The van der Waals surface area contributed by atoms with Gasteiger partial charge in [0.05, 0.1) is 22.7 Å². The van der Waals surface area contributed by atoms with E-state index >= 15 is 0 Å². The number of primary amides is 1. The lowest BCUT2D eigenvalue weighted by Gasteiger charge is -2.25. The fourth-order valence-electron chi connectivity index (χ4n) is 2.75. The minimum Gasteiger partial charge on any atom is -0.366 e. The number of amides is 3. The molecule has 0 atom stereocenters. The third-order valence-electron chi connectivity index (χ3n) is 4.20. The molecule has 4 N–H and O–H groups in total. The Bertz CT molecular complexity index is 1030. The van der Waals surface area contributed by atoms with Crippen LogP contribution in [-0.4, -0.2) is 50.1 Å². The lowest BCUT2D eigenvalue weighted by atomic mass is 10.1. The zero-order chi connectivity index (χ0) is 20.3. The average molecular weight is 402 g/mol. The molecule has 1 fully saturated rings. The lowest BCUT2D eigenvalue weighted by molar-refractivity contribution is -0.122. The molecule has 28 heavy (non-hydrogen) atoms. The van der Waals surface area contributed by atoms with Crippen LogP contribution in [0, 0.1) is 0 Å². The topological polar surface area (TPSA) is 139 Å². The first-order valence-electron chi connectivity index (χ1n) is 8.36. The molecule has 9 nitrogen and oxygen atoms in total. The number of carbonyl (C=O) groups excluding carboxylic acids is 3. The van der Waals surface area contributed by atoms with Crippen LogP contribution in [0.2, 0.25) is 0 Å². The van der Waals surface area contributed by atoms with Gasteiger partial charge in [0.15, 0.2) is 0 Å². The van der Waals surface area contributed by atoms with Crippen LogP contribution in [0.1, 0.15) is 20.7 Å². The van der Waals surface area contributed by atoms with Crippen molar-refractivity contribution in [1.82, 2.24) is 9.62 Å². The zero-order valence-electron chi connectivity index (χ0n) is 14.7. The number of anilines is 1. The van der Waals surface area contributed by atoms with Crippen molar-refractivity contribution in [3.05, 3.63) is 59.7 Å². The normalized spacial score (nSPS) is 14.9. The molecule has 146 valence electrons. The van der Waals surface area contributed by atoms with Crippen LogP contribution in [0.3, 0.4) is 0 Å². The van der Waals surface area contributed by atoms with Gasteiger partial charge in [-0.05, 0) is 36.4 Å². The van der Waals surface area contributed by atoms with E-state index in [0.29, 0.717) is 0 Å². The molecule has 1 saturated heterocycles. The molecule has 3 rings (SSSR count). The van der Waals surface area contributed by atoms with Crippen LogP contribution in [0.15, 0.2) is 53.4 Å². The molecule has 3 amide bonds. The van der Waals surface area contributed by atoms with Gasteiger partial charge in [-0.25, -0.2) is 8.42 Å². The van der Waals surface area contributed by atoms with E-state index in [0.717, 1.165) is 4.31 Å². The summed E-state index contributed by atoms with van der Waals surface area (Å²) in [4.78, 5) is 35.3. The van der Waals surface area contributed by atoms with Crippen molar-refractivity contribution < 1.29 is 22.8 Å². The van der Waals surface area contributed by atoms with E-state index in [2.05, 4.69) is 10.6 Å². The highest BCUT2D eigenvalue weighted by molar-refractivity contribution is 7.89. The highest BCUT2D eigenvalue weighted by Crippen LogP contribution is 2.19. The first kappa shape index (κ1) is 19.5. The van der Waals surface area contributed by atoms with Gasteiger partial charge in [0.2, 0.25) is 15.9 Å². The summed E-state index contributed by atoms with van der Waals surface area (Å²) >= 11 is 0. The van der Waals surface area contributed by atoms with Gasteiger partial charge in [0.1, 0.15) is 0 Å². The number of benzene rings is 2. The number of para-hydroxylation sites is 1. The van der Waals surface area contributed by atoms with Crippen molar-refractivity contribution in [3.63, 3.8) is 0 Å². The number of hydrogen-bond donors (Lipinski definition) is 3.